The zero-order chi connectivity index (χ0) is 17.3. The van der Waals surface area contributed by atoms with E-state index >= 15 is 0 Å². The highest BCUT2D eigenvalue weighted by Crippen LogP contribution is 2.43. The molecular formula is C17H15F2N5S. The lowest BCUT2D eigenvalue weighted by Crippen LogP contribution is -2.42. The third-order valence-corrected chi connectivity index (χ3v) is 5.39. The third kappa shape index (κ3) is 3.09. The molecule has 5 nitrogen and oxygen atoms in total. The van der Waals surface area contributed by atoms with Crippen LogP contribution in [0.15, 0.2) is 42.7 Å². The number of nitrogens with one attached hydrogen (secondary N) is 1. The predicted molar refractivity (Wildman–Crippen MR) is 91.5 cm³/mol. The summed E-state index contributed by atoms with van der Waals surface area (Å²) in [6, 6.07) is 10.3. The molecule has 1 aliphatic rings. The van der Waals surface area contributed by atoms with Gasteiger partial charge in [-0.1, -0.05) is 41.7 Å². The van der Waals surface area contributed by atoms with Gasteiger partial charge in [-0.25, -0.2) is 18.7 Å². The largest absolute Gasteiger partial charge is 0.345 e. The molecule has 25 heavy (non-hydrogen) atoms. The number of rotatable bonds is 5. The van der Waals surface area contributed by atoms with E-state index in [0.29, 0.717) is 16.5 Å². The van der Waals surface area contributed by atoms with Crippen LogP contribution in [0.5, 0.6) is 0 Å². The topological polar surface area (TPSA) is 63.6 Å². The number of benzene rings is 1. The van der Waals surface area contributed by atoms with Gasteiger partial charge >= 0.3 is 0 Å². The summed E-state index contributed by atoms with van der Waals surface area (Å²) in [6.07, 6.45) is 3.76. The van der Waals surface area contributed by atoms with E-state index in [4.69, 9.17) is 0 Å². The maximum absolute atomic E-state index is 12.6. The monoisotopic (exact) mass is 359 g/mol. The minimum atomic E-state index is -2.61. The van der Waals surface area contributed by atoms with Gasteiger partial charge in [0.2, 0.25) is 5.95 Å². The van der Waals surface area contributed by atoms with Gasteiger partial charge in [0, 0.05) is 18.0 Å². The average molecular weight is 359 g/mol. The molecule has 8 heteroatoms. The van der Waals surface area contributed by atoms with Gasteiger partial charge in [0.1, 0.15) is 0 Å². The second kappa shape index (κ2) is 6.44. The molecule has 0 saturated heterocycles. The van der Waals surface area contributed by atoms with Crippen LogP contribution in [0.2, 0.25) is 0 Å². The molecule has 4 rings (SSSR count). The van der Waals surface area contributed by atoms with Crippen molar-refractivity contribution in [3.05, 3.63) is 53.3 Å². The quantitative estimate of drug-likeness (QED) is 0.730. The number of nitrogens with zero attached hydrogens (tertiary/aromatic N) is 4. The molecule has 0 radical (unpaired) electrons. The summed E-state index contributed by atoms with van der Waals surface area (Å²) in [6.45, 7) is 0. The Bertz CT molecular complexity index is 847. The molecular weight excluding hydrogens is 344 g/mol. The molecule has 128 valence electrons. The first-order valence-electron chi connectivity index (χ1n) is 7.94. The zero-order valence-electron chi connectivity index (χ0n) is 13.2. The maximum Gasteiger partial charge on any atom is 0.291 e. The maximum atomic E-state index is 12.6. The normalized spacial score (nSPS) is 15.8. The lowest BCUT2D eigenvalue weighted by molar-refractivity contribution is 0.150. The fourth-order valence-electron chi connectivity index (χ4n) is 2.93. The molecule has 0 unspecified atom stereocenters. The smallest absolute Gasteiger partial charge is 0.291 e. The van der Waals surface area contributed by atoms with Crippen molar-refractivity contribution >= 4 is 17.3 Å². The number of hydrogen-bond acceptors (Lipinski definition) is 6. The third-order valence-electron chi connectivity index (χ3n) is 4.41. The lowest BCUT2D eigenvalue weighted by Gasteiger charge is -2.43. The van der Waals surface area contributed by atoms with Crippen molar-refractivity contribution in [1.29, 1.82) is 0 Å². The Morgan fingerprint density at radius 1 is 1.04 bits per heavy atom. The molecule has 0 atom stereocenters. The molecule has 0 aliphatic heterocycles. The Balaban J connectivity index is 1.54. The van der Waals surface area contributed by atoms with E-state index in [0.717, 1.165) is 30.6 Å². The first-order valence-corrected chi connectivity index (χ1v) is 8.76. The fraction of sp³-hybridized carbons (Fsp3) is 0.294. The fourth-order valence-corrected chi connectivity index (χ4v) is 3.60. The Kier molecular flexibility index (Phi) is 4.12. The summed E-state index contributed by atoms with van der Waals surface area (Å²) in [7, 11) is 0. The predicted octanol–water partition coefficient (Wildman–Crippen LogP) is 4.42. The van der Waals surface area contributed by atoms with Crippen molar-refractivity contribution in [3.8, 4) is 10.6 Å². The van der Waals surface area contributed by atoms with Crippen LogP contribution in [0.3, 0.4) is 0 Å². The van der Waals surface area contributed by atoms with Gasteiger partial charge in [-0.3, -0.25) is 0 Å². The van der Waals surface area contributed by atoms with Crippen LogP contribution in [-0.4, -0.2) is 20.2 Å². The average Bonchev–Trinajstić information content (AvgIpc) is 3.10. The van der Waals surface area contributed by atoms with E-state index in [2.05, 4.69) is 37.6 Å². The summed E-state index contributed by atoms with van der Waals surface area (Å²) < 4.78 is 25.2. The molecule has 0 spiro atoms. The number of halogens is 2. The van der Waals surface area contributed by atoms with Crippen molar-refractivity contribution < 1.29 is 8.78 Å². The van der Waals surface area contributed by atoms with Crippen molar-refractivity contribution in [3.63, 3.8) is 0 Å². The highest BCUT2D eigenvalue weighted by Gasteiger charge is 2.39. The highest BCUT2D eigenvalue weighted by atomic mass is 32.1. The summed E-state index contributed by atoms with van der Waals surface area (Å²) >= 11 is 0.853. The number of anilines is 1. The highest BCUT2D eigenvalue weighted by molar-refractivity contribution is 7.14. The second-order valence-electron chi connectivity index (χ2n) is 5.97. The molecule has 1 fully saturated rings. The van der Waals surface area contributed by atoms with Crippen LogP contribution in [0.1, 0.15) is 36.3 Å². The van der Waals surface area contributed by atoms with Crippen molar-refractivity contribution in [2.24, 2.45) is 0 Å². The first-order chi connectivity index (χ1) is 12.2. The van der Waals surface area contributed by atoms with Gasteiger partial charge in [0.05, 0.1) is 5.54 Å². The zero-order valence-corrected chi connectivity index (χ0v) is 14.0. The van der Waals surface area contributed by atoms with Crippen LogP contribution in [-0.2, 0) is 5.54 Å². The van der Waals surface area contributed by atoms with E-state index in [1.54, 1.807) is 12.4 Å². The molecule has 2 aromatic heterocycles. The molecule has 3 aromatic rings. The standard InChI is InChI=1S/C17H15F2N5S/c18-13(19)15-24-23-14(25-15)11-9-20-16(21-10-11)22-17(7-4-8-17)12-5-2-1-3-6-12/h1-3,5-6,9-10,13H,4,7-8H2,(H,20,21,22). The lowest BCUT2D eigenvalue weighted by atomic mass is 9.72. The Labute approximate surface area is 147 Å². The van der Waals surface area contributed by atoms with Crippen LogP contribution in [0.4, 0.5) is 14.7 Å². The molecule has 1 N–H and O–H groups in total. The Morgan fingerprint density at radius 2 is 1.76 bits per heavy atom. The van der Waals surface area contributed by atoms with E-state index in [9.17, 15) is 8.78 Å². The van der Waals surface area contributed by atoms with Crippen LogP contribution < -0.4 is 5.32 Å². The summed E-state index contributed by atoms with van der Waals surface area (Å²) in [5.74, 6) is 0.519. The van der Waals surface area contributed by atoms with E-state index in [1.807, 2.05) is 18.2 Å². The van der Waals surface area contributed by atoms with Gasteiger partial charge in [0.15, 0.2) is 10.0 Å². The summed E-state index contributed by atoms with van der Waals surface area (Å²) in [5, 5.41) is 10.8. The van der Waals surface area contributed by atoms with E-state index in [1.165, 1.54) is 5.56 Å². The second-order valence-corrected chi connectivity index (χ2v) is 6.98. The Morgan fingerprint density at radius 3 is 2.32 bits per heavy atom. The van der Waals surface area contributed by atoms with Gasteiger partial charge < -0.3 is 5.32 Å². The van der Waals surface area contributed by atoms with E-state index in [-0.39, 0.29) is 10.5 Å². The molecule has 1 aliphatic carbocycles. The number of hydrogen-bond donors (Lipinski definition) is 1. The van der Waals surface area contributed by atoms with Crippen molar-refractivity contribution in [1.82, 2.24) is 20.2 Å². The molecule has 2 heterocycles. The minimum absolute atomic E-state index is 0.131. The van der Waals surface area contributed by atoms with Gasteiger partial charge in [-0.05, 0) is 24.8 Å². The number of aromatic nitrogens is 4. The molecule has 1 saturated carbocycles. The van der Waals surface area contributed by atoms with Crippen LogP contribution >= 0.6 is 11.3 Å². The van der Waals surface area contributed by atoms with Gasteiger partial charge in [-0.2, -0.15) is 0 Å². The van der Waals surface area contributed by atoms with Gasteiger partial charge in [0.25, 0.3) is 6.43 Å². The van der Waals surface area contributed by atoms with Crippen LogP contribution in [0.25, 0.3) is 10.6 Å². The van der Waals surface area contributed by atoms with Gasteiger partial charge in [-0.15, -0.1) is 10.2 Å². The van der Waals surface area contributed by atoms with Crippen LogP contribution in [0, 0.1) is 0 Å². The first kappa shape index (κ1) is 16.0. The van der Waals surface area contributed by atoms with Crippen molar-refractivity contribution in [2.75, 3.05) is 5.32 Å². The summed E-state index contributed by atoms with van der Waals surface area (Å²) in [4.78, 5) is 8.66. The SMILES string of the molecule is FC(F)c1nnc(-c2cnc(NC3(c4ccccc4)CCC3)nc2)s1. The Hall–Kier alpha value is -2.48. The van der Waals surface area contributed by atoms with Crippen molar-refractivity contribution in [2.45, 2.75) is 31.2 Å². The minimum Gasteiger partial charge on any atom is -0.345 e. The summed E-state index contributed by atoms with van der Waals surface area (Å²) in [5.41, 5.74) is 1.67. The molecule has 1 aromatic carbocycles. The number of alkyl halides is 2. The molecule has 0 amide bonds. The van der Waals surface area contributed by atoms with E-state index < -0.39 is 6.43 Å². The molecule has 0 bridgehead atoms.